The average molecular weight is 356 g/mol. The summed E-state index contributed by atoms with van der Waals surface area (Å²) in [7, 11) is 0. The van der Waals surface area contributed by atoms with Crippen LogP contribution in [0, 0.1) is 0 Å². The van der Waals surface area contributed by atoms with Gasteiger partial charge in [-0.25, -0.2) is 0 Å². The number of ether oxygens (including phenoxy) is 2. The lowest BCUT2D eigenvalue weighted by atomic mass is 10.3. The molecule has 0 unspecified atom stereocenters. The van der Waals surface area contributed by atoms with Crippen LogP contribution in [0.4, 0.5) is 0 Å². The number of halogens is 2. The van der Waals surface area contributed by atoms with Gasteiger partial charge in [-0.05, 0) is 43.4 Å². The molecule has 0 bridgehead atoms. The number of benzene rings is 2. The molecule has 0 spiro atoms. The van der Waals surface area contributed by atoms with Gasteiger partial charge in [-0.15, -0.1) is 12.4 Å². The van der Waals surface area contributed by atoms with Gasteiger partial charge in [-0.2, -0.15) is 0 Å². The third kappa shape index (κ3) is 6.30. The zero-order valence-corrected chi connectivity index (χ0v) is 15.1. The lowest BCUT2D eigenvalue weighted by molar-refractivity contribution is 0.218. The Morgan fingerprint density at radius 2 is 1.65 bits per heavy atom. The molecule has 2 rings (SSSR count). The minimum absolute atomic E-state index is 0. The molecule has 0 aromatic heterocycles. The summed E-state index contributed by atoms with van der Waals surface area (Å²) in [6.07, 6.45) is 0. The first-order chi connectivity index (χ1) is 10.7. The van der Waals surface area contributed by atoms with Crippen LogP contribution in [0.1, 0.15) is 13.8 Å². The number of hydrogen-bond donors (Lipinski definition) is 0. The smallest absolute Gasteiger partial charge is 0.169 e. The molecule has 2 aromatic carbocycles. The van der Waals surface area contributed by atoms with E-state index in [1.54, 1.807) is 6.07 Å². The topological polar surface area (TPSA) is 21.7 Å². The first-order valence-electron chi connectivity index (χ1n) is 7.60. The van der Waals surface area contributed by atoms with Crippen molar-refractivity contribution in [2.45, 2.75) is 13.8 Å². The third-order valence-corrected chi connectivity index (χ3v) is 3.67. The van der Waals surface area contributed by atoms with Crippen molar-refractivity contribution >= 4 is 24.0 Å². The predicted octanol–water partition coefficient (Wildman–Crippen LogP) is 5.27. The van der Waals surface area contributed by atoms with Crippen molar-refractivity contribution in [1.29, 1.82) is 0 Å². The Balaban J connectivity index is 0.00000264. The molecule has 126 valence electrons. The third-order valence-electron chi connectivity index (χ3n) is 3.43. The fraction of sp³-hybridized carbons (Fsp3) is 0.333. The second-order valence-corrected chi connectivity index (χ2v) is 5.32. The highest BCUT2D eigenvalue weighted by Crippen LogP contribution is 2.32. The van der Waals surface area contributed by atoms with E-state index in [1.165, 1.54) is 0 Å². The number of likely N-dealkylation sites (N-methyl/N-ethyl adjacent to an activating group) is 1. The fourth-order valence-corrected chi connectivity index (χ4v) is 2.32. The second-order valence-electron chi connectivity index (χ2n) is 4.88. The maximum atomic E-state index is 5.98. The molecule has 0 atom stereocenters. The van der Waals surface area contributed by atoms with Gasteiger partial charge in [-0.3, -0.25) is 0 Å². The van der Waals surface area contributed by atoms with Crippen molar-refractivity contribution in [2.75, 3.05) is 26.2 Å². The van der Waals surface area contributed by atoms with E-state index in [2.05, 4.69) is 18.7 Å². The van der Waals surface area contributed by atoms with Crippen molar-refractivity contribution in [3.05, 3.63) is 53.6 Å². The molecule has 0 heterocycles. The average Bonchev–Trinajstić information content (AvgIpc) is 2.53. The standard InChI is InChI=1S/C18H22ClNO2.ClH/c1-3-20(4-2)12-13-21-17-10-5-6-11-18(17)22-16-9-7-8-15(19)14-16;/h5-11,14H,3-4,12-13H2,1-2H3;1H. The number of hydrogen-bond acceptors (Lipinski definition) is 3. The fourth-order valence-electron chi connectivity index (χ4n) is 2.14. The van der Waals surface area contributed by atoms with E-state index in [9.17, 15) is 0 Å². The molecule has 3 nitrogen and oxygen atoms in total. The lowest BCUT2D eigenvalue weighted by Crippen LogP contribution is -2.27. The Labute approximate surface area is 149 Å². The van der Waals surface area contributed by atoms with Gasteiger partial charge in [0.1, 0.15) is 12.4 Å². The van der Waals surface area contributed by atoms with Gasteiger partial charge in [0, 0.05) is 11.6 Å². The molecule has 0 saturated heterocycles. The first-order valence-corrected chi connectivity index (χ1v) is 7.98. The van der Waals surface area contributed by atoms with Crippen LogP contribution >= 0.6 is 24.0 Å². The normalized spacial score (nSPS) is 10.3. The van der Waals surface area contributed by atoms with Gasteiger partial charge in [0.05, 0.1) is 0 Å². The summed E-state index contributed by atoms with van der Waals surface area (Å²) in [5.41, 5.74) is 0. The van der Waals surface area contributed by atoms with Gasteiger partial charge < -0.3 is 14.4 Å². The van der Waals surface area contributed by atoms with E-state index in [0.717, 1.165) is 25.4 Å². The minimum Gasteiger partial charge on any atom is -0.488 e. The molecule has 5 heteroatoms. The lowest BCUT2D eigenvalue weighted by Gasteiger charge is -2.19. The van der Waals surface area contributed by atoms with Gasteiger partial charge in [0.15, 0.2) is 11.5 Å². The zero-order chi connectivity index (χ0) is 15.8. The molecule has 0 aliphatic rings. The zero-order valence-electron chi connectivity index (χ0n) is 13.5. The SMILES string of the molecule is CCN(CC)CCOc1ccccc1Oc1cccc(Cl)c1.Cl. The van der Waals surface area contributed by atoms with Crippen LogP contribution < -0.4 is 9.47 Å². The molecule has 0 amide bonds. The highest BCUT2D eigenvalue weighted by molar-refractivity contribution is 6.30. The maximum absolute atomic E-state index is 5.98. The Hall–Kier alpha value is -1.42. The molecule has 0 radical (unpaired) electrons. The minimum atomic E-state index is 0. The van der Waals surface area contributed by atoms with Crippen LogP contribution in [-0.2, 0) is 0 Å². The Morgan fingerprint density at radius 1 is 0.957 bits per heavy atom. The maximum Gasteiger partial charge on any atom is 0.169 e. The van der Waals surface area contributed by atoms with E-state index < -0.39 is 0 Å². The van der Waals surface area contributed by atoms with E-state index in [4.69, 9.17) is 21.1 Å². The molecule has 2 aromatic rings. The van der Waals surface area contributed by atoms with Crippen LogP contribution in [-0.4, -0.2) is 31.1 Å². The molecule has 0 aliphatic heterocycles. The molecule has 0 aliphatic carbocycles. The number of para-hydroxylation sites is 2. The summed E-state index contributed by atoms with van der Waals surface area (Å²) in [4.78, 5) is 2.32. The summed E-state index contributed by atoms with van der Waals surface area (Å²) in [6, 6.07) is 15.0. The van der Waals surface area contributed by atoms with Gasteiger partial charge in [0.25, 0.3) is 0 Å². The quantitative estimate of drug-likeness (QED) is 0.643. The largest absolute Gasteiger partial charge is 0.488 e. The van der Waals surface area contributed by atoms with E-state index in [-0.39, 0.29) is 12.4 Å². The molecule has 0 fully saturated rings. The summed E-state index contributed by atoms with van der Waals surface area (Å²) in [6.45, 7) is 7.90. The van der Waals surface area contributed by atoms with Crippen molar-refractivity contribution in [3.63, 3.8) is 0 Å². The highest BCUT2D eigenvalue weighted by Gasteiger charge is 2.07. The highest BCUT2D eigenvalue weighted by atomic mass is 35.5. The summed E-state index contributed by atoms with van der Waals surface area (Å²) in [5, 5.41) is 0.650. The summed E-state index contributed by atoms with van der Waals surface area (Å²) in [5.74, 6) is 2.14. The summed E-state index contributed by atoms with van der Waals surface area (Å²) >= 11 is 5.98. The Bertz CT molecular complexity index is 589. The van der Waals surface area contributed by atoms with E-state index >= 15 is 0 Å². The van der Waals surface area contributed by atoms with Crippen molar-refractivity contribution < 1.29 is 9.47 Å². The number of rotatable bonds is 8. The van der Waals surface area contributed by atoms with Crippen molar-refractivity contribution in [2.24, 2.45) is 0 Å². The van der Waals surface area contributed by atoms with Crippen LogP contribution in [0.2, 0.25) is 5.02 Å². The van der Waals surface area contributed by atoms with E-state index in [0.29, 0.717) is 23.1 Å². The van der Waals surface area contributed by atoms with Gasteiger partial charge in [-0.1, -0.05) is 43.6 Å². The Morgan fingerprint density at radius 3 is 2.30 bits per heavy atom. The molecular weight excluding hydrogens is 333 g/mol. The summed E-state index contributed by atoms with van der Waals surface area (Å²) < 4.78 is 11.8. The Kier molecular flexibility index (Phi) is 8.85. The van der Waals surface area contributed by atoms with E-state index in [1.807, 2.05) is 42.5 Å². The van der Waals surface area contributed by atoms with Crippen LogP contribution in [0.5, 0.6) is 17.2 Å². The first kappa shape index (κ1) is 19.6. The molecule has 0 N–H and O–H groups in total. The molecule has 0 saturated carbocycles. The van der Waals surface area contributed by atoms with Crippen molar-refractivity contribution in [1.82, 2.24) is 4.90 Å². The molecule has 23 heavy (non-hydrogen) atoms. The molecular formula is C18H23Cl2NO2. The van der Waals surface area contributed by atoms with Crippen LogP contribution in [0.3, 0.4) is 0 Å². The monoisotopic (exact) mass is 355 g/mol. The second kappa shape index (κ2) is 10.4. The van der Waals surface area contributed by atoms with Gasteiger partial charge >= 0.3 is 0 Å². The van der Waals surface area contributed by atoms with Gasteiger partial charge in [0.2, 0.25) is 0 Å². The number of nitrogens with zero attached hydrogens (tertiary/aromatic N) is 1. The van der Waals surface area contributed by atoms with Crippen LogP contribution in [0.15, 0.2) is 48.5 Å². The van der Waals surface area contributed by atoms with Crippen LogP contribution in [0.25, 0.3) is 0 Å². The van der Waals surface area contributed by atoms with Crippen molar-refractivity contribution in [3.8, 4) is 17.2 Å². The predicted molar refractivity (Wildman–Crippen MR) is 98.5 cm³/mol.